The van der Waals surface area contributed by atoms with Crippen molar-refractivity contribution in [1.82, 2.24) is 0 Å². The minimum atomic E-state index is -0.826. The SMILES string of the molecule is CCCCCCC1COC(C2COC(CCc3ccc(F)c(F)c3)OC2)OC1. The van der Waals surface area contributed by atoms with Gasteiger partial charge in [0.2, 0.25) is 0 Å². The number of hydrogen-bond donors (Lipinski definition) is 0. The molecule has 0 aromatic heterocycles. The molecule has 3 rings (SSSR count). The van der Waals surface area contributed by atoms with Gasteiger partial charge in [-0.2, -0.15) is 0 Å². The minimum absolute atomic E-state index is 0.0700. The van der Waals surface area contributed by atoms with Crippen molar-refractivity contribution in [3.05, 3.63) is 35.4 Å². The Hall–Kier alpha value is -1.08. The second kappa shape index (κ2) is 11.2. The lowest BCUT2D eigenvalue weighted by Crippen LogP contribution is -2.44. The maximum Gasteiger partial charge on any atom is 0.164 e. The van der Waals surface area contributed by atoms with E-state index in [4.69, 9.17) is 18.9 Å². The summed E-state index contributed by atoms with van der Waals surface area (Å²) >= 11 is 0. The predicted octanol–water partition coefficient (Wildman–Crippen LogP) is 4.85. The highest BCUT2D eigenvalue weighted by atomic mass is 19.2. The average Bonchev–Trinajstić information content (AvgIpc) is 2.73. The van der Waals surface area contributed by atoms with Crippen molar-refractivity contribution in [2.45, 2.75) is 64.4 Å². The Morgan fingerprint density at radius 1 is 0.857 bits per heavy atom. The molecule has 0 spiro atoms. The summed E-state index contributed by atoms with van der Waals surface area (Å²) in [4.78, 5) is 0. The van der Waals surface area contributed by atoms with Crippen molar-refractivity contribution < 1.29 is 27.7 Å². The van der Waals surface area contributed by atoms with Gasteiger partial charge in [0, 0.05) is 12.3 Å². The Kier molecular flexibility index (Phi) is 8.65. The third-order valence-corrected chi connectivity index (χ3v) is 5.49. The number of unbranched alkanes of at least 4 members (excludes halogenated alkanes) is 3. The first-order valence-electron chi connectivity index (χ1n) is 10.6. The second-order valence-corrected chi connectivity index (χ2v) is 7.89. The van der Waals surface area contributed by atoms with E-state index in [0.29, 0.717) is 32.0 Å². The molecular formula is C22H32F2O4. The molecule has 4 nitrogen and oxygen atoms in total. The van der Waals surface area contributed by atoms with Crippen LogP contribution in [0.1, 0.15) is 51.0 Å². The normalized spacial score (nSPS) is 28.4. The summed E-state index contributed by atoms with van der Waals surface area (Å²) in [7, 11) is 0. The maximum atomic E-state index is 13.3. The Balaban J connectivity index is 1.31. The Labute approximate surface area is 166 Å². The largest absolute Gasteiger partial charge is 0.352 e. The lowest BCUT2D eigenvalue weighted by Gasteiger charge is -2.37. The molecular weight excluding hydrogens is 366 g/mol. The molecule has 2 aliphatic rings. The number of aryl methyl sites for hydroxylation is 1. The molecule has 0 N–H and O–H groups in total. The van der Waals surface area contributed by atoms with Crippen LogP contribution in [0.3, 0.4) is 0 Å². The summed E-state index contributed by atoms with van der Waals surface area (Å²) in [5.41, 5.74) is 0.733. The quantitative estimate of drug-likeness (QED) is 0.558. The van der Waals surface area contributed by atoms with Crippen molar-refractivity contribution in [3.8, 4) is 0 Å². The molecule has 6 heteroatoms. The fourth-order valence-corrected chi connectivity index (χ4v) is 3.72. The fraction of sp³-hybridized carbons (Fsp3) is 0.727. The Morgan fingerprint density at radius 2 is 1.61 bits per heavy atom. The van der Waals surface area contributed by atoms with Gasteiger partial charge in [0.1, 0.15) is 0 Å². The van der Waals surface area contributed by atoms with Crippen LogP contribution in [0.5, 0.6) is 0 Å². The molecule has 2 saturated heterocycles. The van der Waals surface area contributed by atoms with Crippen molar-refractivity contribution in [2.24, 2.45) is 11.8 Å². The highest BCUT2D eigenvalue weighted by Gasteiger charge is 2.33. The van der Waals surface area contributed by atoms with Crippen molar-refractivity contribution in [1.29, 1.82) is 0 Å². The average molecular weight is 398 g/mol. The van der Waals surface area contributed by atoms with Crippen LogP contribution in [0.4, 0.5) is 8.78 Å². The molecule has 0 bridgehead atoms. The molecule has 0 saturated carbocycles. The zero-order chi connectivity index (χ0) is 19.8. The molecule has 0 unspecified atom stereocenters. The van der Waals surface area contributed by atoms with Crippen LogP contribution >= 0.6 is 0 Å². The van der Waals surface area contributed by atoms with Crippen molar-refractivity contribution >= 4 is 0 Å². The van der Waals surface area contributed by atoms with Gasteiger partial charge in [-0.1, -0.05) is 38.7 Å². The molecule has 2 fully saturated rings. The molecule has 1 aromatic rings. The zero-order valence-electron chi connectivity index (χ0n) is 16.7. The first-order valence-corrected chi connectivity index (χ1v) is 10.6. The standard InChI is InChI=1S/C22H32F2O4/c1-2-3-4-5-6-17-12-27-22(28-13-17)18-14-25-21(26-15-18)10-8-16-7-9-19(23)20(24)11-16/h7,9,11,17-18,21-22H,2-6,8,10,12-15H2,1H3. The Morgan fingerprint density at radius 3 is 2.29 bits per heavy atom. The smallest absolute Gasteiger partial charge is 0.164 e. The van der Waals surface area contributed by atoms with E-state index in [-0.39, 0.29) is 18.5 Å². The maximum absolute atomic E-state index is 13.3. The van der Waals surface area contributed by atoms with Gasteiger partial charge in [-0.15, -0.1) is 0 Å². The summed E-state index contributed by atoms with van der Waals surface area (Å²) in [6, 6.07) is 3.97. The third-order valence-electron chi connectivity index (χ3n) is 5.49. The van der Waals surface area contributed by atoms with Gasteiger partial charge in [-0.05, 0) is 30.5 Å². The van der Waals surface area contributed by atoms with Gasteiger partial charge in [-0.25, -0.2) is 8.78 Å². The monoisotopic (exact) mass is 398 g/mol. The Bertz CT molecular complexity index is 582. The first-order chi connectivity index (χ1) is 13.7. The number of benzene rings is 1. The zero-order valence-corrected chi connectivity index (χ0v) is 16.7. The van der Waals surface area contributed by atoms with Crippen LogP contribution < -0.4 is 0 Å². The van der Waals surface area contributed by atoms with Gasteiger partial charge >= 0.3 is 0 Å². The molecule has 158 valence electrons. The lowest BCUT2D eigenvalue weighted by molar-refractivity contribution is -0.281. The molecule has 2 heterocycles. The third kappa shape index (κ3) is 6.48. The molecule has 1 aromatic carbocycles. The lowest BCUT2D eigenvalue weighted by atomic mass is 10.0. The molecule has 2 aliphatic heterocycles. The molecule has 0 atom stereocenters. The fourth-order valence-electron chi connectivity index (χ4n) is 3.72. The number of ether oxygens (including phenoxy) is 4. The number of rotatable bonds is 9. The van der Waals surface area contributed by atoms with Crippen LogP contribution in [0.2, 0.25) is 0 Å². The van der Waals surface area contributed by atoms with E-state index in [1.165, 1.54) is 31.7 Å². The summed E-state index contributed by atoms with van der Waals surface area (Å²) < 4.78 is 49.7. The summed E-state index contributed by atoms with van der Waals surface area (Å²) in [5, 5.41) is 0. The van der Waals surface area contributed by atoms with E-state index in [2.05, 4.69) is 6.92 Å². The molecule has 0 amide bonds. The second-order valence-electron chi connectivity index (χ2n) is 7.89. The van der Waals surface area contributed by atoms with E-state index < -0.39 is 11.6 Å². The molecule has 0 radical (unpaired) electrons. The van der Waals surface area contributed by atoms with E-state index in [1.54, 1.807) is 6.07 Å². The van der Waals surface area contributed by atoms with Crippen molar-refractivity contribution in [2.75, 3.05) is 26.4 Å². The first kappa shape index (κ1) is 21.6. The summed E-state index contributed by atoms with van der Waals surface area (Å²) in [6.45, 7) is 4.75. The van der Waals surface area contributed by atoms with Crippen LogP contribution in [-0.4, -0.2) is 39.0 Å². The van der Waals surface area contributed by atoms with E-state index in [9.17, 15) is 8.78 Å². The van der Waals surface area contributed by atoms with Crippen LogP contribution in [-0.2, 0) is 25.4 Å². The van der Waals surface area contributed by atoms with Crippen LogP contribution in [0, 0.1) is 23.5 Å². The molecule has 0 aliphatic carbocycles. The van der Waals surface area contributed by atoms with Gasteiger partial charge < -0.3 is 18.9 Å². The highest BCUT2D eigenvalue weighted by Crippen LogP contribution is 2.26. The van der Waals surface area contributed by atoms with Gasteiger partial charge in [0.25, 0.3) is 0 Å². The summed E-state index contributed by atoms with van der Waals surface area (Å²) in [6.07, 6.45) is 6.81. The van der Waals surface area contributed by atoms with Gasteiger partial charge in [-0.3, -0.25) is 0 Å². The van der Waals surface area contributed by atoms with Crippen LogP contribution in [0.25, 0.3) is 0 Å². The minimum Gasteiger partial charge on any atom is -0.352 e. The molecule has 28 heavy (non-hydrogen) atoms. The van der Waals surface area contributed by atoms with Gasteiger partial charge in [0.15, 0.2) is 24.2 Å². The highest BCUT2D eigenvalue weighted by molar-refractivity contribution is 5.17. The van der Waals surface area contributed by atoms with Crippen LogP contribution in [0.15, 0.2) is 18.2 Å². The summed E-state index contributed by atoms with van der Waals surface area (Å²) in [5.74, 6) is -1.09. The van der Waals surface area contributed by atoms with Gasteiger partial charge in [0.05, 0.1) is 32.3 Å². The topological polar surface area (TPSA) is 36.9 Å². The van der Waals surface area contributed by atoms with E-state index in [1.807, 2.05) is 0 Å². The number of hydrogen-bond acceptors (Lipinski definition) is 4. The van der Waals surface area contributed by atoms with E-state index >= 15 is 0 Å². The van der Waals surface area contributed by atoms with Crippen molar-refractivity contribution in [3.63, 3.8) is 0 Å². The van der Waals surface area contributed by atoms with E-state index in [0.717, 1.165) is 31.3 Å². The number of halogens is 2. The predicted molar refractivity (Wildman–Crippen MR) is 102 cm³/mol.